The summed E-state index contributed by atoms with van der Waals surface area (Å²) in [5.41, 5.74) is 5.88. The van der Waals surface area contributed by atoms with Crippen LogP contribution in [-0.4, -0.2) is 22.9 Å². The molecule has 7 heteroatoms. The number of anilines is 1. The number of nitrogens with one attached hydrogen (secondary N) is 1. The van der Waals surface area contributed by atoms with Gasteiger partial charge in [0.2, 0.25) is 0 Å². The zero-order chi connectivity index (χ0) is 13.1. The highest BCUT2D eigenvalue weighted by molar-refractivity contribution is 7.16. The fourth-order valence-corrected chi connectivity index (χ4v) is 2.69. The molecular weight excluding hydrogens is 270 g/mol. The van der Waals surface area contributed by atoms with E-state index in [9.17, 15) is 0 Å². The monoisotopic (exact) mass is 281 g/mol. The molecule has 3 N–H and O–H groups in total. The third-order valence-electron chi connectivity index (χ3n) is 2.32. The van der Waals surface area contributed by atoms with Crippen molar-refractivity contribution < 1.29 is 0 Å². The number of amidine groups is 1. The molecule has 5 nitrogen and oxygen atoms in total. The molecule has 0 aliphatic heterocycles. The van der Waals surface area contributed by atoms with Crippen molar-refractivity contribution in [3.63, 3.8) is 0 Å². The van der Waals surface area contributed by atoms with Gasteiger partial charge in [-0.1, -0.05) is 11.6 Å². The van der Waals surface area contributed by atoms with Crippen molar-refractivity contribution in [2.75, 3.05) is 11.9 Å². The molecule has 0 aromatic carbocycles. The highest BCUT2D eigenvalue weighted by atomic mass is 35.5. The van der Waals surface area contributed by atoms with E-state index in [1.54, 1.807) is 6.20 Å². The van der Waals surface area contributed by atoms with E-state index < -0.39 is 0 Å². The van der Waals surface area contributed by atoms with E-state index in [0.717, 1.165) is 9.21 Å². The topological polar surface area (TPSA) is 78.9 Å². The van der Waals surface area contributed by atoms with Gasteiger partial charge in [-0.25, -0.2) is 9.97 Å². The molecule has 0 saturated carbocycles. The van der Waals surface area contributed by atoms with Gasteiger partial charge in [-0.2, -0.15) is 0 Å². The van der Waals surface area contributed by atoms with Gasteiger partial charge in [0.15, 0.2) is 5.82 Å². The molecule has 2 aromatic rings. The van der Waals surface area contributed by atoms with Crippen LogP contribution in [-0.2, 0) is 6.54 Å². The minimum Gasteiger partial charge on any atom is -0.382 e. The van der Waals surface area contributed by atoms with Crippen LogP contribution in [0.25, 0.3) is 0 Å². The molecule has 2 rings (SSSR count). The average Bonchev–Trinajstić information content (AvgIpc) is 2.74. The molecule has 0 unspecified atom stereocenters. The molecule has 0 amide bonds. The summed E-state index contributed by atoms with van der Waals surface area (Å²) in [5, 5.41) is 7.48. The largest absolute Gasteiger partial charge is 0.382 e. The zero-order valence-electron chi connectivity index (χ0n) is 9.72. The number of halogens is 1. The highest BCUT2D eigenvalue weighted by Gasteiger charge is 2.13. The number of aromatic nitrogens is 2. The molecule has 0 aliphatic rings. The van der Waals surface area contributed by atoms with Crippen molar-refractivity contribution in [1.29, 1.82) is 5.41 Å². The van der Waals surface area contributed by atoms with Crippen LogP contribution in [0, 0.1) is 5.41 Å². The average molecular weight is 282 g/mol. The zero-order valence-corrected chi connectivity index (χ0v) is 11.3. The predicted octanol–water partition coefficient (Wildman–Crippen LogP) is 2.11. The maximum Gasteiger partial charge on any atom is 0.158 e. The SMILES string of the molecule is CN(Cc1ccc(Cl)s1)c1nccnc1C(=N)N. The lowest BCUT2D eigenvalue weighted by Gasteiger charge is -2.18. The number of hydrogen-bond donors (Lipinski definition) is 2. The molecule has 0 atom stereocenters. The Morgan fingerprint density at radius 2 is 2.17 bits per heavy atom. The van der Waals surface area contributed by atoms with Gasteiger partial charge in [-0.15, -0.1) is 11.3 Å². The maximum absolute atomic E-state index is 7.48. The normalized spacial score (nSPS) is 10.3. The summed E-state index contributed by atoms with van der Waals surface area (Å²) in [6.45, 7) is 0.649. The molecule has 18 heavy (non-hydrogen) atoms. The first-order valence-electron chi connectivity index (χ1n) is 5.18. The molecule has 94 valence electrons. The Balaban J connectivity index is 2.23. The van der Waals surface area contributed by atoms with Gasteiger partial charge in [-0.3, -0.25) is 5.41 Å². The van der Waals surface area contributed by atoms with Crippen molar-refractivity contribution in [3.05, 3.63) is 39.4 Å². The lowest BCUT2D eigenvalue weighted by molar-refractivity contribution is 0.899. The Kier molecular flexibility index (Phi) is 3.78. The highest BCUT2D eigenvalue weighted by Crippen LogP contribution is 2.24. The molecular formula is C11H12ClN5S. The first-order valence-corrected chi connectivity index (χ1v) is 6.38. The lowest BCUT2D eigenvalue weighted by Crippen LogP contribution is -2.24. The summed E-state index contributed by atoms with van der Waals surface area (Å²) in [7, 11) is 1.88. The van der Waals surface area contributed by atoms with E-state index in [4.69, 9.17) is 22.7 Å². The molecule has 2 aromatic heterocycles. The summed E-state index contributed by atoms with van der Waals surface area (Å²) in [6, 6.07) is 3.82. The summed E-state index contributed by atoms with van der Waals surface area (Å²) in [5.74, 6) is 0.503. The van der Waals surface area contributed by atoms with Crippen molar-refractivity contribution in [3.8, 4) is 0 Å². The Morgan fingerprint density at radius 3 is 2.78 bits per heavy atom. The van der Waals surface area contributed by atoms with E-state index in [0.29, 0.717) is 18.1 Å². The quantitative estimate of drug-likeness (QED) is 0.664. The van der Waals surface area contributed by atoms with Crippen LogP contribution in [0.15, 0.2) is 24.5 Å². The smallest absolute Gasteiger partial charge is 0.158 e. The third-order valence-corrected chi connectivity index (χ3v) is 3.53. The molecule has 0 spiro atoms. The van der Waals surface area contributed by atoms with Crippen molar-refractivity contribution in [1.82, 2.24) is 9.97 Å². The van der Waals surface area contributed by atoms with Crippen LogP contribution in [0.3, 0.4) is 0 Å². The molecule has 0 saturated heterocycles. The lowest BCUT2D eigenvalue weighted by atomic mass is 10.3. The Bertz CT molecular complexity index is 568. The van der Waals surface area contributed by atoms with Crippen LogP contribution in [0.4, 0.5) is 5.82 Å². The molecule has 2 heterocycles. The minimum absolute atomic E-state index is 0.0887. The Hall–Kier alpha value is -1.66. The van der Waals surface area contributed by atoms with Gasteiger partial charge in [0.25, 0.3) is 0 Å². The van der Waals surface area contributed by atoms with Gasteiger partial charge in [0.05, 0.1) is 10.9 Å². The fraction of sp³-hybridized carbons (Fsp3) is 0.182. The van der Waals surface area contributed by atoms with Gasteiger partial charge < -0.3 is 10.6 Å². The predicted molar refractivity (Wildman–Crippen MR) is 74.5 cm³/mol. The van der Waals surface area contributed by atoms with Gasteiger partial charge in [0.1, 0.15) is 11.5 Å². The summed E-state index contributed by atoms with van der Waals surface area (Å²) in [4.78, 5) is 11.3. The second kappa shape index (κ2) is 5.32. The first kappa shape index (κ1) is 12.8. The Labute approximate surface area is 114 Å². The third kappa shape index (κ3) is 2.77. The van der Waals surface area contributed by atoms with Gasteiger partial charge >= 0.3 is 0 Å². The van der Waals surface area contributed by atoms with Crippen LogP contribution in [0.2, 0.25) is 4.34 Å². The van der Waals surface area contributed by atoms with Crippen molar-refractivity contribution >= 4 is 34.6 Å². The second-order valence-corrected chi connectivity index (χ2v) is 5.50. The van der Waals surface area contributed by atoms with E-state index in [2.05, 4.69) is 9.97 Å². The van der Waals surface area contributed by atoms with E-state index in [1.807, 2.05) is 24.1 Å². The van der Waals surface area contributed by atoms with E-state index in [1.165, 1.54) is 17.5 Å². The number of nitrogen functional groups attached to an aromatic ring is 1. The van der Waals surface area contributed by atoms with Crippen molar-refractivity contribution in [2.45, 2.75) is 6.54 Å². The summed E-state index contributed by atoms with van der Waals surface area (Å²) >= 11 is 7.41. The van der Waals surface area contributed by atoms with Crippen LogP contribution >= 0.6 is 22.9 Å². The van der Waals surface area contributed by atoms with Crippen LogP contribution in [0.1, 0.15) is 10.6 Å². The minimum atomic E-state index is -0.0887. The summed E-state index contributed by atoms with van der Waals surface area (Å²) < 4.78 is 0.754. The molecule has 0 aliphatic carbocycles. The van der Waals surface area contributed by atoms with Crippen LogP contribution in [0.5, 0.6) is 0 Å². The molecule has 0 fully saturated rings. The first-order chi connectivity index (χ1) is 8.58. The number of nitrogens with zero attached hydrogens (tertiary/aromatic N) is 3. The van der Waals surface area contributed by atoms with E-state index >= 15 is 0 Å². The number of nitrogens with two attached hydrogens (primary N) is 1. The molecule has 0 bridgehead atoms. The van der Waals surface area contributed by atoms with E-state index in [-0.39, 0.29) is 5.84 Å². The number of thiophene rings is 1. The standard InChI is InChI=1S/C11H12ClN5S/c1-17(6-7-2-3-8(12)18-7)11-9(10(13)14)15-4-5-16-11/h2-5H,6H2,1H3,(H3,13,14). The maximum atomic E-state index is 7.48. The summed E-state index contributed by atoms with van der Waals surface area (Å²) in [6.07, 6.45) is 3.11. The number of rotatable bonds is 4. The fourth-order valence-electron chi connectivity index (χ4n) is 1.55. The van der Waals surface area contributed by atoms with Crippen LogP contribution < -0.4 is 10.6 Å². The number of hydrogen-bond acceptors (Lipinski definition) is 5. The molecule has 0 radical (unpaired) electrons. The Morgan fingerprint density at radius 1 is 1.44 bits per heavy atom. The van der Waals surface area contributed by atoms with Gasteiger partial charge in [-0.05, 0) is 12.1 Å². The second-order valence-electron chi connectivity index (χ2n) is 3.70. The van der Waals surface area contributed by atoms with Crippen molar-refractivity contribution in [2.24, 2.45) is 5.73 Å². The van der Waals surface area contributed by atoms with Gasteiger partial charge in [0, 0.05) is 24.3 Å².